The Kier molecular flexibility index (Phi) is 3.92. The Morgan fingerprint density at radius 3 is 3.07 bits per heavy atom. The van der Waals surface area contributed by atoms with Gasteiger partial charge >= 0.3 is 0 Å². The molecule has 4 heteroatoms. The molecule has 0 aromatic carbocycles. The predicted molar refractivity (Wildman–Crippen MR) is 70.5 cm³/mol. The van der Waals surface area contributed by atoms with Crippen LogP contribution >= 0.6 is 27.7 Å². The van der Waals surface area contributed by atoms with Gasteiger partial charge in [0.1, 0.15) is 5.82 Å². The number of rotatable bonds is 3. The van der Waals surface area contributed by atoms with Crippen LogP contribution in [0.3, 0.4) is 0 Å². The van der Waals surface area contributed by atoms with Crippen molar-refractivity contribution < 1.29 is 0 Å². The summed E-state index contributed by atoms with van der Waals surface area (Å²) in [6, 6.07) is 4.55. The number of anilines is 1. The second-order valence-corrected chi connectivity index (χ2v) is 5.84. The van der Waals surface area contributed by atoms with E-state index < -0.39 is 0 Å². The molecule has 1 aliphatic carbocycles. The summed E-state index contributed by atoms with van der Waals surface area (Å²) in [6.45, 7) is 0. The topological polar surface area (TPSA) is 24.9 Å². The summed E-state index contributed by atoms with van der Waals surface area (Å²) in [5.41, 5.74) is 0. The molecule has 1 aromatic rings. The van der Waals surface area contributed by atoms with E-state index in [0.717, 1.165) is 15.5 Å². The zero-order valence-electron chi connectivity index (χ0n) is 8.74. The molecule has 1 heterocycles. The van der Waals surface area contributed by atoms with Gasteiger partial charge in [-0.05, 0) is 53.6 Å². The van der Waals surface area contributed by atoms with Gasteiger partial charge in [0.25, 0.3) is 0 Å². The van der Waals surface area contributed by atoms with E-state index in [4.69, 9.17) is 0 Å². The molecule has 15 heavy (non-hydrogen) atoms. The van der Waals surface area contributed by atoms with Crippen molar-refractivity contribution in [2.24, 2.45) is 0 Å². The van der Waals surface area contributed by atoms with Crippen molar-refractivity contribution >= 4 is 33.5 Å². The van der Waals surface area contributed by atoms with Crippen molar-refractivity contribution in [2.45, 2.75) is 30.6 Å². The summed E-state index contributed by atoms with van der Waals surface area (Å²) in [5, 5.41) is 4.33. The number of nitrogens with one attached hydrogen (secondary N) is 1. The van der Waals surface area contributed by atoms with E-state index in [-0.39, 0.29) is 0 Å². The highest BCUT2D eigenvalue weighted by Gasteiger charge is 2.24. The highest BCUT2D eigenvalue weighted by molar-refractivity contribution is 9.10. The minimum absolute atomic E-state index is 0.591. The average molecular weight is 287 g/mol. The lowest BCUT2D eigenvalue weighted by molar-refractivity contribution is 0.751. The van der Waals surface area contributed by atoms with Crippen LogP contribution in [0.4, 0.5) is 5.82 Å². The Labute approximate surface area is 103 Å². The third-order valence-corrected chi connectivity index (χ3v) is 4.55. The van der Waals surface area contributed by atoms with Gasteiger partial charge in [-0.25, -0.2) is 4.98 Å². The summed E-state index contributed by atoms with van der Waals surface area (Å²) in [5.74, 6) is 0.976. The Bertz CT molecular complexity index is 332. The molecule has 2 nitrogen and oxygen atoms in total. The van der Waals surface area contributed by atoms with E-state index in [1.165, 1.54) is 19.3 Å². The van der Waals surface area contributed by atoms with Crippen LogP contribution in [-0.2, 0) is 0 Å². The molecule has 1 aromatic heterocycles. The van der Waals surface area contributed by atoms with E-state index in [1.54, 1.807) is 0 Å². The third kappa shape index (κ3) is 2.88. The predicted octanol–water partition coefficient (Wildman–Crippen LogP) is 3.54. The van der Waals surface area contributed by atoms with Crippen LogP contribution in [0, 0.1) is 0 Å². The van der Waals surface area contributed by atoms with Crippen LogP contribution < -0.4 is 5.32 Å². The zero-order chi connectivity index (χ0) is 10.7. The quantitative estimate of drug-likeness (QED) is 0.920. The van der Waals surface area contributed by atoms with Crippen LogP contribution in [0.25, 0.3) is 0 Å². The average Bonchev–Trinajstić information content (AvgIpc) is 2.69. The van der Waals surface area contributed by atoms with E-state index in [9.17, 15) is 0 Å². The highest BCUT2D eigenvalue weighted by Crippen LogP contribution is 2.31. The summed E-state index contributed by atoms with van der Waals surface area (Å²) in [4.78, 5) is 4.33. The van der Waals surface area contributed by atoms with Gasteiger partial charge in [-0.3, -0.25) is 0 Å². The lowest BCUT2D eigenvalue weighted by Gasteiger charge is -2.14. The van der Waals surface area contributed by atoms with E-state index in [1.807, 2.05) is 30.1 Å². The first-order valence-electron chi connectivity index (χ1n) is 5.19. The molecule has 0 aliphatic heterocycles. The second kappa shape index (κ2) is 5.21. The Balaban J connectivity index is 1.96. The maximum absolute atomic E-state index is 4.33. The summed E-state index contributed by atoms with van der Waals surface area (Å²) < 4.78 is 1.05. The number of pyridine rings is 1. The molecule has 2 unspecified atom stereocenters. The fraction of sp³-hybridized carbons (Fsp3) is 0.545. The number of hydrogen-bond acceptors (Lipinski definition) is 3. The SMILES string of the molecule is CSC1CCC(Nc2ncccc2Br)C1. The van der Waals surface area contributed by atoms with Gasteiger partial charge < -0.3 is 5.32 Å². The number of hydrogen-bond donors (Lipinski definition) is 1. The van der Waals surface area contributed by atoms with Gasteiger partial charge in [0.05, 0.1) is 4.47 Å². The molecule has 0 spiro atoms. The summed E-state index contributed by atoms with van der Waals surface area (Å²) in [6.07, 6.45) is 7.86. The van der Waals surface area contributed by atoms with Crippen molar-refractivity contribution in [3.8, 4) is 0 Å². The van der Waals surface area contributed by atoms with Crippen LogP contribution in [0.5, 0.6) is 0 Å². The van der Waals surface area contributed by atoms with Gasteiger partial charge in [-0.15, -0.1) is 0 Å². The lowest BCUT2D eigenvalue weighted by atomic mass is 10.2. The second-order valence-electron chi connectivity index (χ2n) is 3.85. The first-order chi connectivity index (χ1) is 7.29. The maximum Gasteiger partial charge on any atom is 0.140 e. The van der Waals surface area contributed by atoms with Crippen LogP contribution in [0.1, 0.15) is 19.3 Å². The number of aromatic nitrogens is 1. The smallest absolute Gasteiger partial charge is 0.140 e. The Morgan fingerprint density at radius 1 is 1.53 bits per heavy atom. The van der Waals surface area contributed by atoms with E-state index >= 15 is 0 Å². The third-order valence-electron chi connectivity index (χ3n) is 2.82. The molecular weight excluding hydrogens is 272 g/mol. The van der Waals surface area contributed by atoms with Gasteiger partial charge in [-0.1, -0.05) is 0 Å². The molecule has 0 saturated heterocycles. The summed E-state index contributed by atoms with van der Waals surface area (Å²) >= 11 is 5.48. The van der Waals surface area contributed by atoms with Crippen molar-refractivity contribution in [3.63, 3.8) is 0 Å². The van der Waals surface area contributed by atoms with E-state index in [0.29, 0.717) is 6.04 Å². The molecule has 82 valence electrons. The highest BCUT2D eigenvalue weighted by atomic mass is 79.9. The van der Waals surface area contributed by atoms with Crippen LogP contribution in [0.2, 0.25) is 0 Å². The first kappa shape index (κ1) is 11.3. The van der Waals surface area contributed by atoms with Gasteiger partial charge in [0.2, 0.25) is 0 Å². The molecule has 0 bridgehead atoms. The van der Waals surface area contributed by atoms with Crippen molar-refractivity contribution in [1.82, 2.24) is 4.98 Å². The molecule has 1 saturated carbocycles. The van der Waals surface area contributed by atoms with Crippen molar-refractivity contribution in [3.05, 3.63) is 22.8 Å². The molecule has 1 fully saturated rings. The fourth-order valence-corrected chi connectivity index (χ4v) is 3.14. The minimum atomic E-state index is 0.591. The molecule has 0 radical (unpaired) electrons. The molecule has 2 rings (SSSR count). The van der Waals surface area contributed by atoms with Crippen molar-refractivity contribution in [1.29, 1.82) is 0 Å². The van der Waals surface area contributed by atoms with Gasteiger partial charge in [-0.2, -0.15) is 11.8 Å². The van der Waals surface area contributed by atoms with Crippen molar-refractivity contribution in [2.75, 3.05) is 11.6 Å². The number of nitrogens with zero attached hydrogens (tertiary/aromatic N) is 1. The molecule has 0 amide bonds. The number of thioether (sulfide) groups is 1. The zero-order valence-corrected chi connectivity index (χ0v) is 11.1. The maximum atomic E-state index is 4.33. The molecule has 1 aliphatic rings. The van der Waals surface area contributed by atoms with E-state index in [2.05, 4.69) is 32.5 Å². The lowest BCUT2D eigenvalue weighted by Crippen LogP contribution is -2.17. The van der Waals surface area contributed by atoms with Crippen LogP contribution in [-0.4, -0.2) is 22.5 Å². The first-order valence-corrected chi connectivity index (χ1v) is 7.27. The van der Waals surface area contributed by atoms with Crippen LogP contribution in [0.15, 0.2) is 22.8 Å². The van der Waals surface area contributed by atoms with Gasteiger partial charge in [0.15, 0.2) is 0 Å². The van der Waals surface area contributed by atoms with Gasteiger partial charge in [0, 0.05) is 17.5 Å². The number of halogens is 1. The minimum Gasteiger partial charge on any atom is -0.366 e. The normalized spacial score (nSPS) is 25.5. The Morgan fingerprint density at radius 2 is 2.40 bits per heavy atom. The molecule has 2 atom stereocenters. The Hall–Kier alpha value is -0.220. The summed E-state index contributed by atoms with van der Waals surface area (Å²) in [7, 11) is 0. The molecule has 1 N–H and O–H groups in total. The largest absolute Gasteiger partial charge is 0.366 e. The molecular formula is C11H15BrN2S. The monoisotopic (exact) mass is 286 g/mol. The fourth-order valence-electron chi connectivity index (χ4n) is 1.97. The standard InChI is InChI=1S/C11H15BrN2S/c1-15-9-5-4-8(7-9)14-11-10(12)3-2-6-13-11/h2-3,6,8-9H,4-5,7H2,1H3,(H,13,14).